The van der Waals surface area contributed by atoms with E-state index in [0.717, 1.165) is 5.56 Å². The Morgan fingerprint density at radius 1 is 1.53 bits per heavy atom. The summed E-state index contributed by atoms with van der Waals surface area (Å²) in [4.78, 5) is 12.1. The molecule has 0 radical (unpaired) electrons. The first-order valence-electron chi connectivity index (χ1n) is 5.33. The molecule has 3 N–H and O–H groups in total. The zero-order chi connectivity index (χ0) is 12.8. The second-order valence-corrected chi connectivity index (χ2v) is 4.33. The van der Waals surface area contributed by atoms with E-state index in [4.69, 9.17) is 18.0 Å². The highest BCUT2D eigenvalue weighted by Gasteiger charge is 2.10. The maximum Gasteiger partial charge on any atom is 0.254 e. The molecule has 0 aliphatic carbocycles. The van der Waals surface area contributed by atoms with Crippen molar-refractivity contribution in [1.82, 2.24) is 5.32 Å². The summed E-state index contributed by atoms with van der Waals surface area (Å²) in [5, 5.41) is 2.63. The average molecular weight is 254 g/mol. The van der Waals surface area contributed by atoms with Gasteiger partial charge in [0.25, 0.3) is 5.91 Å². The molecule has 0 aliphatic heterocycles. The smallest absolute Gasteiger partial charge is 0.254 e. The number of thiocarbonyl (C=S) groups is 1. The largest absolute Gasteiger partial charge is 0.393 e. The van der Waals surface area contributed by atoms with E-state index in [2.05, 4.69) is 5.32 Å². The van der Waals surface area contributed by atoms with Crippen LogP contribution >= 0.6 is 12.2 Å². The van der Waals surface area contributed by atoms with Gasteiger partial charge in [0.05, 0.1) is 10.6 Å². The Balaban J connectivity index is 2.52. The number of rotatable bonds is 5. The predicted molar refractivity (Wildman–Crippen MR) is 69.5 cm³/mol. The fourth-order valence-corrected chi connectivity index (χ4v) is 1.52. The van der Waals surface area contributed by atoms with Crippen LogP contribution in [0.1, 0.15) is 28.8 Å². The minimum absolute atomic E-state index is 0.0697. The molecule has 0 heterocycles. The summed E-state index contributed by atoms with van der Waals surface area (Å²) in [7, 11) is 0. The summed E-state index contributed by atoms with van der Waals surface area (Å²) >= 11 is 4.71. The molecular weight excluding hydrogens is 239 g/mol. The van der Waals surface area contributed by atoms with Crippen molar-refractivity contribution in [3.63, 3.8) is 0 Å². The van der Waals surface area contributed by atoms with Crippen molar-refractivity contribution in [2.45, 2.75) is 19.8 Å². The molecule has 1 rings (SSSR count). The van der Waals surface area contributed by atoms with Gasteiger partial charge in [-0.15, -0.1) is 0 Å². The van der Waals surface area contributed by atoms with Crippen LogP contribution in [0.5, 0.6) is 0 Å². The third-order valence-corrected chi connectivity index (χ3v) is 2.46. The lowest BCUT2D eigenvalue weighted by atomic mass is 10.1. The molecule has 1 aromatic rings. The highest BCUT2D eigenvalue weighted by atomic mass is 32.1. The van der Waals surface area contributed by atoms with Crippen LogP contribution in [0.4, 0.5) is 4.39 Å². The van der Waals surface area contributed by atoms with Crippen molar-refractivity contribution in [3.05, 3.63) is 35.1 Å². The second kappa shape index (κ2) is 6.30. The lowest BCUT2D eigenvalue weighted by Gasteiger charge is -2.06. The topological polar surface area (TPSA) is 55.1 Å². The molecular formula is C12H15FN2OS. The summed E-state index contributed by atoms with van der Waals surface area (Å²) in [6.07, 6.45) is 1.24. The van der Waals surface area contributed by atoms with Crippen LogP contribution in [-0.4, -0.2) is 17.4 Å². The van der Waals surface area contributed by atoms with Crippen LogP contribution in [0, 0.1) is 12.7 Å². The lowest BCUT2D eigenvalue weighted by molar-refractivity contribution is 0.0949. The normalized spacial score (nSPS) is 10.0. The highest BCUT2D eigenvalue weighted by Crippen LogP contribution is 2.09. The minimum Gasteiger partial charge on any atom is -0.393 e. The van der Waals surface area contributed by atoms with Crippen LogP contribution in [0.25, 0.3) is 0 Å². The molecule has 0 atom stereocenters. The molecule has 0 bridgehead atoms. The molecule has 1 aromatic carbocycles. The minimum atomic E-state index is -0.512. The first kappa shape index (κ1) is 13.6. The molecule has 0 saturated carbocycles. The van der Waals surface area contributed by atoms with Gasteiger partial charge in [-0.05, 0) is 31.9 Å². The number of hydrogen-bond donors (Lipinski definition) is 2. The van der Waals surface area contributed by atoms with Gasteiger partial charge in [0.1, 0.15) is 5.82 Å². The Hall–Kier alpha value is -1.49. The summed E-state index contributed by atoms with van der Waals surface area (Å²) < 4.78 is 13.4. The first-order chi connectivity index (χ1) is 8.00. The molecule has 0 spiro atoms. The van der Waals surface area contributed by atoms with E-state index in [1.165, 1.54) is 12.1 Å². The maximum absolute atomic E-state index is 13.4. The Bertz CT molecular complexity index is 435. The van der Waals surface area contributed by atoms with E-state index < -0.39 is 11.7 Å². The number of carbonyl (C=O) groups is 1. The van der Waals surface area contributed by atoms with Gasteiger partial charge in [-0.1, -0.05) is 23.8 Å². The molecule has 17 heavy (non-hydrogen) atoms. The van der Waals surface area contributed by atoms with Gasteiger partial charge < -0.3 is 11.1 Å². The number of nitrogens with one attached hydrogen (secondary N) is 1. The molecule has 0 unspecified atom stereocenters. The van der Waals surface area contributed by atoms with E-state index in [-0.39, 0.29) is 5.56 Å². The summed E-state index contributed by atoms with van der Waals surface area (Å²) in [6, 6.07) is 4.44. The standard InChI is InChI=1S/C12H15FN2OS/c1-8-4-5-10(13)9(7-8)12(16)15-6-2-3-11(14)17/h4-5,7H,2-3,6H2,1H3,(H2,14,17)(H,15,16). The van der Waals surface area contributed by atoms with Crippen molar-refractivity contribution in [2.24, 2.45) is 5.73 Å². The molecule has 0 fully saturated rings. The van der Waals surface area contributed by atoms with E-state index in [1.54, 1.807) is 6.07 Å². The maximum atomic E-state index is 13.4. The fourth-order valence-electron chi connectivity index (χ4n) is 1.37. The Kier molecular flexibility index (Phi) is 5.03. The Labute approximate surface area is 105 Å². The summed E-state index contributed by atoms with van der Waals surface area (Å²) in [5.41, 5.74) is 6.24. The monoisotopic (exact) mass is 254 g/mol. The Morgan fingerprint density at radius 3 is 2.88 bits per heavy atom. The molecule has 0 aliphatic rings. The fraction of sp³-hybridized carbons (Fsp3) is 0.333. The van der Waals surface area contributed by atoms with Gasteiger partial charge in [-0.3, -0.25) is 4.79 Å². The molecule has 92 valence electrons. The number of nitrogens with two attached hydrogens (primary N) is 1. The molecule has 0 saturated heterocycles. The number of carbonyl (C=O) groups excluding carboxylic acids is 1. The van der Waals surface area contributed by atoms with E-state index in [1.807, 2.05) is 6.92 Å². The number of benzene rings is 1. The number of hydrogen-bond acceptors (Lipinski definition) is 2. The van der Waals surface area contributed by atoms with Gasteiger partial charge in [0, 0.05) is 6.54 Å². The van der Waals surface area contributed by atoms with Gasteiger partial charge in [0.15, 0.2) is 0 Å². The van der Waals surface area contributed by atoms with Crippen LogP contribution < -0.4 is 11.1 Å². The molecule has 1 amide bonds. The van der Waals surface area contributed by atoms with Gasteiger partial charge in [-0.25, -0.2) is 4.39 Å². The van der Waals surface area contributed by atoms with Crippen molar-refractivity contribution < 1.29 is 9.18 Å². The van der Waals surface area contributed by atoms with Crippen LogP contribution in [0.3, 0.4) is 0 Å². The predicted octanol–water partition coefficient (Wildman–Crippen LogP) is 1.93. The molecule has 3 nitrogen and oxygen atoms in total. The van der Waals surface area contributed by atoms with Crippen molar-refractivity contribution in [3.8, 4) is 0 Å². The quantitative estimate of drug-likeness (QED) is 0.623. The first-order valence-corrected chi connectivity index (χ1v) is 5.74. The summed E-state index contributed by atoms with van der Waals surface area (Å²) in [6.45, 7) is 2.24. The highest BCUT2D eigenvalue weighted by molar-refractivity contribution is 7.80. The zero-order valence-electron chi connectivity index (χ0n) is 9.63. The SMILES string of the molecule is Cc1ccc(F)c(C(=O)NCCCC(N)=S)c1. The Morgan fingerprint density at radius 2 is 2.24 bits per heavy atom. The van der Waals surface area contributed by atoms with E-state index in [0.29, 0.717) is 24.4 Å². The molecule has 5 heteroatoms. The van der Waals surface area contributed by atoms with Gasteiger partial charge in [0.2, 0.25) is 0 Å². The number of halogens is 1. The third-order valence-electron chi connectivity index (χ3n) is 2.25. The lowest BCUT2D eigenvalue weighted by Crippen LogP contribution is -2.26. The number of amides is 1. The van der Waals surface area contributed by atoms with Crippen LogP contribution in [0.2, 0.25) is 0 Å². The second-order valence-electron chi connectivity index (χ2n) is 3.81. The van der Waals surface area contributed by atoms with Crippen molar-refractivity contribution in [2.75, 3.05) is 6.54 Å². The average Bonchev–Trinajstić information content (AvgIpc) is 2.27. The van der Waals surface area contributed by atoms with E-state index in [9.17, 15) is 9.18 Å². The van der Waals surface area contributed by atoms with Crippen molar-refractivity contribution in [1.29, 1.82) is 0 Å². The van der Waals surface area contributed by atoms with Gasteiger partial charge >= 0.3 is 0 Å². The van der Waals surface area contributed by atoms with E-state index >= 15 is 0 Å². The third kappa shape index (κ3) is 4.48. The zero-order valence-corrected chi connectivity index (χ0v) is 10.4. The van der Waals surface area contributed by atoms with Crippen LogP contribution in [0.15, 0.2) is 18.2 Å². The molecule has 0 aromatic heterocycles. The van der Waals surface area contributed by atoms with Gasteiger partial charge in [-0.2, -0.15) is 0 Å². The van der Waals surface area contributed by atoms with Crippen LogP contribution in [-0.2, 0) is 0 Å². The van der Waals surface area contributed by atoms with Crippen molar-refractivity contribution >= 4 is 23.1 Å². The summed E-state index contributed by atoms with van der Waals surface area (Å²) in [5.74, 6) is -0.920. The number of aryl methyl sites for hydroxylation is 1.